The first kappa shape index (κ1) is 21.9. The van der Waals surface area contributed by atoms with Gasteiger partial charge in [0, 0.05) is 17.5 Å². The van der Waals surface area contributed by atoms with Crippen LogP contribution < -0.4 is 4.74 Å². The molecule has 32 heavy (non-hydrogen) atoms. The van der Waals surface area contributed by atoms with Crippen LogP contribution in [0.5, 0.6) is 5.75 Å². The summed E-state index contributed by atoms with van der Waals surface area (Å²) in [5.74, 6) is 0.487. The van der Waals surface area contributed by atoms with Crippen molar-refractivity contribution in [2.75, 3.05) is 6.61 Å². The summed E-state index contributed by atoms with van der Waals surface area (Å²) in [5, 5.41) is 9.15. The molecule has 1 fully saturated rings. The molecule has 2 aromatic carbocycles. The lowest BCUT2D eigenvalue weighted by Gasteiger charge is -2.14. The van der Waals surface area contributed by atoms with Crippen LogP contribution in [-0.4, -0.2) is 22.7 Å². The first-order valence-corrected chi connectivity index (χ1v) is 10.4. The normalized spacial score (nSPS) is 13.8. The average molecular weight is 445 g/mol. The average Bonchev–Trinajstić information content (AvgIpc) is 3.47. The third-order valence-corrected chi connectivity index (χ3v) is 5.34. The first-order chi connectivity index (χ1) is 15.3. The predicted octanol–water partition coefficient (Wildman–Crippen LogP) is 5.88. The molecule has 0 saturated heterocycles. The maximum atomic E-state index is 13.2. The standard InChI is InChI=1S/C24H22F3NO4/c25-24(26,27)18-7-2-1-6-17(18)19-14-32-21(28-19)9-4-12-31-20-8-3-5-16(13-22(29)30)23(20)15-10-11-15/h1-3,5-8,14-15H,4,9-13H2,(H,29,30). The number of benzene rings is 2. The lowest BCUT2D eigenvalue weighted by molar-refractivity contribution is -0.137. The molecule has 0 aliphatic heterocycles. The summed E-state index contributed by atoms with van der Waals surface area (Å²) >= 11 is 0. The molecule has 168 valence electrons. The number of hydrogen-bond donors (Lipinski definition) is 1. The van der Waals surface area contributed by atoms with Gasteiger partial charge in [-0.3, -0.25) is 4.79 Å². The second-order valence-electron chi connectivity index (χ2n) is 7.80. The molecule has 0 atom stereocenters. The number of hydrogen-bond acceptors (Lipinski definition) is 4. The minimum atomic E-state index is -4.47. The second-order valence-corrected chi connectivity index (χ2v) is 7.80. The van der Waals surface area contributed by atoms with E-state index in [2.05, 4.69) is 4.98 Å². The largest absolute Gasteiger partial charge is 0.493 e. The Morgan fingerprint density at radius 2 is 1.94 bits per heavy atom. The zero-order valence-electron chi connectivity index (χ0n) is 17.2. The second kappa shape index (κ2) is 9.06. The number of carboxylic acid groups (broad SMARTS) is 1. The Balaban J connectivity index is 1.38. The fourth-order valence-corrected chi connectivity index (χ4v) is 3.78. The van der Waals surface area contributed by atoms with Gasteiger partial charge in [-0.2, -0.15) is 13.2 Å². The van der Waals surface area contributed by atoms with E-state index in [1.807, 2.05) is 12.1 Å². The third kappa shape index (κ3) is 5.12. The molecule has 3 aromatic rings. The highest BCUT2D eigenvalue weighted by molar-refractivity contribution is 5.71. The number of aryl methyl sites for hydroxylation is 1. The van der Waals surface area contributed by atoms with E-state index in [1.165, 1.54) is 24.5 Å². The molecule has 4 rings (SSSR count). The van der Waals surface area contributed by atoms with Crippen molar-refractivity contribution in [3.63, 3.8) is 0 Å². The van der Waals surface area contributed by atoms with Gasteiger partial charge in [0.05, 0.1) is 18.6 Å². The summed E-state index contributed by atoms with van der Waals surface area (Å²) in [7, 11) is 0. The number of nitrogens with zero attached hydrogens (tertiary/aromatic N) is 1. The van der Waals surface area contributed by atoms with Gasteiger partial charge in [0.2, 0.25) is 0 Å². The molecular formula is C24H22F3NO4. The van der Waals surface area contributed by atoms with Crippen molar-refractivity contribution in [2.45, 2.75) is 44.2 Å². The monoisotopic (exact) mass is 445 g/mol. The van der Waals surface area contributed by atoms with E-state index in [4.69, 9.17) is 14.3 Å². The number of carboxylic acids is 1. The van der Waals surface area contributed by atoms with Crippen molar-refractivity contribution in [3.05, 3.63) is 71.3 Å². The summed E-state index contributed by atoms with van der Waals surface area (Å²) in [5.41, 5.74) is 1.12. The van der Waals surface area contributed by atoms with Crippen LogP contribution in [0.15, 0.2) is 53.1 Å². The predicted molar refractivity (Wildman–Crippen MR) is 111 cm³/mol. The molecule has 1 aromatic heterocycles. The number of halogens is 3. The minimum absolute atomic E-state index is 0.0180. The van der Waals surface area contributed by atoms with Crippen LogP contribution in [0, 0.1) is 0 Å². The van der Waals surface area contributed by atoms with Gasteiger partial charge in [-0.25, -0.2) is 4.98 Å². The van der Waals surface area contributed by atoms with Crippen molar-refractivity contribution >= 4 is 5.97 Å². The van der Waals surface area contributed by atoms with E-state index < -0.39 is 17.7 Å². The molecule has 1 aliphatic rings. The van der Waals surface area contributed by atoms with Crippen LogP contribution in [-0.2, 0) is 23.8 Å². The number of rotatable bonds is 9. The van der Waals surface area contributed by atoms with Gasteiger partial charge in [-0.05, 0) is 42.9 Å². The number of aromatic nitrogens is 1. The SMILES string of the molecule is O=C(O)Cc1cccc(OCCCc2nc(-c3ccccc3C(F)(F)F)co2)c1C1CC1. The summed E-state index contributed by atoms with van der Waals surface area (Å²) in [6, 6.07) is 10.7. The Bertz CT molecular complexity index is 1100. The van der Waals surface area contributed by atoms with Crippen molar-refractivity contribution < 1.29 is 32.2 Å². The molecule has 0 unspecified atom stereocenters. The summed E-state index contributed by atoms with van der Waals surface area (Å²) in [6.07, 6.45) is -0.284. The van der Waals surface area contributed by atoms with Crippen LogP contribution in [0.25, 0.3) is 11.3 Å². The van der Waals surface area contributed by atoms with Crippen molar-refractivity contribution in [1.29, 1.82) is 0 Å². The number of carbonyl (C=O) groups is 1. The highest BCUT2D eigenvalue weighted by atomic mass is 19.4. The van der Waals surface area contributed by atoms with Crippen molar-refractivity contribution in [3.8, 4) is 17.0 Å². The summed E-state index contributed by atoms with van der Waals surface area (Å²) in [4.78, 5) is 15.4. The number of aliphatic carboxylic acids is 1. The molecule has 0 amide bonds. The highest BCUT2D eigenvalue weighted by Crippen LogP contribution is 2.46. The van der Waals surface area contributed by atoms with Crippen molar-refractivity contribution in [2.24, 2.45) is 0 Å². The molecule has 0 spiro atoms. The number of oxazole rings is 1. The Morgan fingerprint density at radius 1 is 1.16 bits per heavy atom. The Labute approximate surface area is 182 Å². The van der Waals surface area contributed by atoms with E-state index in [9.17, 15) is 18.0 Å². The fourth-order valence-electron chi connectivity index (χ4n) is 3.78. The van der Waals surface area contributed by atoms with Crippen LogP contribution in [0.2, 0.25) is 0 Å². The van der Waals surface area contributed by atoms with Gasteiger partial charge in [0.25, 0.3) is 0 Å². The Morgan fingerprint density at radius 3 is 2.66 bits per heavy atom. The summed E-state index contributed by atoms with van der Waals surface area (Å²) in [6.45, 7) is 0.354. The first-order valence-electron chi connectivity index (χ1n) is 10.4. The quantitative estimate of drug-likeness (QED) is 0.417. The zero-order chi connectivity index (χ0) is 22.7. The molecule has 5 nitrogen and oxygen atoms in total. The van der Waals surface area contributed by atoms with Crippen LogP contribution >= 0.6 is 0 Å². The fraction of sp³-hybridized carbons (Fsp3) is 0.333. The van der Waals surface area contributed by atoms with E-state index in [1.54, 1.807) is 6.07 Å². The van der Waals surface area contributed by atoms with E-state index in [0.29, 0.717) is 37.0 Å². The van der Waals surface area contributed by atoms with Gasteiger partial charge in [-0.15, -0.1) is 0 Å². The molecule has 0 radical (unpaired) electrons. The Hall–Kier alpha value is -3.29. The molecule has 8 heteroatoms. The summed E-state index contributed by atoms with van der Waals surface area (Å²) < 4.78 is 51.0. The van der Waals surface area contributed by atoms with Crippen LogP contribution in [0.4, 0.5) is 13.2 Å². The highest BCUT2D eigenvalue weighted by Gasteiger charge is 2.34. The molecule has 1 aliphatic carbocycles. The third-order valence-electron chi connectivity index (χ3n) is 5.34. The van der Waals surface area contributed by atoms with Gasteiger partial charge in [0.1, 0.15) is 17.7 Å². The molecule has 0 bridgehead atoms. The Kier molecular flexibility index (Phi) is 6.21. The molecule has 1 saturated carbocycles. The molecule has 1 heterocycles. The molecular weight excluding hydrogens is 423 g/mol. The van der Waals surface area contributed by atoms with E-state index >= 15 is 0 Å². The topological polar surface area (TPSA) is 72.6 Å². The number of alkyl halides is 3. The lowest BCUT2D eigenvalue weighted by atomic mass is 9.99. The molecule has 1 N–H and O–H groups in total. The zero-order valence-corrected chi connectivity index (χ0v) is 17.2. The van der Waals surface area contributed by atoms with E-state index in [0.717, 1.165) is 30.0 Å². The number of ether oxygens (including phenoxy) is 1. The van der Waals surface area contributed by atoms with Gasteiger partial charge >= 0.3 is 12.1 Å². The van der Waals surface area contributed by atoms with E-state index in [-0.39, 0.29) is 17.7 Å². The lowest BCUT2D eigenvalue weighted by Crippen LogP contribution is -2.07. The van der Waals surface area contributed by atoms with Crippen LogP contribution in [0.3, 0.4) is 0 Å². The smallest absolute Gasteiger partial charge is 0.417 e. The van der Waals surface area contributed by atoms with Crippen molar-refractivity contribution in [1.82, 2.24) is 4.98 Å². The van der Waals surface area contributed by atoms with Gasteiger partial charge < -0.3 is 14.3 Å². The maximum absolute atomic E-state index is 13.2. The van der Waals surface area contributed by atoms with Gasteiger partial charge in [0.15, 0.2) is 5.89 Å². The van der Waals surface area contributed by atoms with Crippen LogP contribution in [0.1, 0.15) is 47.8 Å². The van der Waals surface area contributed by atoms with Gasteiger partial charge in [-0.1, -0.05) is 30.3 Å². The maximum Gasteiger partial charge on any atom is 0.417 e. The minimum Gasteiger partial charge on any atom is -0.493 e.